The zero-order chi connectivity index (χ0) is 11.4. The summed E-state index contributed by atoms with van der Waals surface area (Å²) >= 11 is 0. The summed E-state index contributed by atoms with van der Waals surface area (Å²) in [5, 5.41) is 2.66. The predicted molar refractivity (Wildman–Crippen MR) is 56.9 cm³/mol. The van der Waals surface area contributed by atoms with Crippen LogP contribution in [0.25, 0.3) is 0 Å². The van der Waals surface area contributed by atoms with E-state index in [9.17, 15) is 9.59 Å². The summed E-state index contributed by atoms with van der Waals surface area (Å²) in [6, 6.07) is -0.446. The van der Waals surface area contributed by atoms with Gasteiger partial charge in [-0.25, -0.2) is 0 Å². The van der Waals surface area contributed by atoms with Crippen LogP contribution < -0.4 is 5.32 Å². The molecular weight excluding hydrogens is 178 g/mol. The summed E-state index contributed by atoms with van der Waals surface area (Å²) in [7, 11) is 0. The third-order valence-electron chi connectivity index (χ3n) is 1.79. The summed E-state index contributed by atoms with van der Waals surface area (Å²) < 4.78 is 0. The fourth-order valence-corrected chi connectivity index (χ4v) is 0.793. The molecular formula is C11H19NO2. The van der Waals surface area contributed by atoms with Crippen molar-refractivity contribution in [2.75, 3.05) is 0 Å². The highest BCUT2D eigenvalue weighted by Crippen LogP contribution is 2.12. The van der Waals surface area contributed by atoms with Gasteiger partial charge >= 0.3 is 0 Å². The number of rotatable bonds is 3. The first-order valence-corrected chi connectivity index (χ1v) is 4.76. The smallest absolute Gasteiger partial charge is 0.225 e. The monoisotopic (exact) mass is 197 g/mol. The number of hydrogen-bond acceptors (Lipinski definition) is 2. The van der Waals surface area contributed by atoms with E-state index in [1.807, 2.05) is 20.8 Å². The molecule has 0 spiro atoms. The first kappa shape index (κ1) is 12.9. The Morgan fingerprint density at radius 1 is 1.29 bits per heavy atom. The van der Waals surface area contributed by atoms with Crippen molar-refractivity contribution in [3.05, 3.63) is 12.2 Å². The van der Waals surface area contributed by atoms with Gasteiger partial charge in [0.1, 0.15) is 0 Å². The molecule has 3 heteroatoms. The number of nitrogens with one attached hydrogen (secondary N) is 1. The molecule has 0 bridgehead atoms. The van der Waals surface area contributed by atoms with Crippen LogP contribution in [0, 0.1) is 5.41 Å². The van der Waals surface area contributed by atoms with Gasteiger partial charge in [-0.15, -0.1) is 0 Å². The maximum absolute atomic E-state index is 11.5. The van der Waals surface area contributed by atoms with Crippen LogP contribution in [0.1, 0.15) is 34.6 Å². The Balaban J connectivity index is 4.27. The Bertz CT molecular complexity index is 249. The minimum Gasteiger partial charge on any atom is -0.346 e. The van der Waals surface area contributed by atoms with Crippen LogP contribution in [0.3, 0.4) is 0 Å². The van der Waals surface area contributed by atoms with Gasteiger partial charge in [0.2, 0.25) is 5.91 Å². The fraction of sp³-hybridized carbons (Fsp3) is 0.636. The van der Waals surface area contributed by atoms with E-state index in [1.54, 1.807) is 19.9 Å². The molecule has 0 aromatic carbocycles. The molecule has 0 heterocycles. The molecule has 0 aliphatic rings. The Morgan fingerprint density at radius 2 is 1.79 bits per heavy atom. The van der Waals surface area contributed by atoms with Gasteiger partial charge in [0.05, 0.1) is 6.04 Å². The SMILES string of the molecule is C/C=C\C(=O)[C@H](C)NC(=O)C(C)(C)C. The number of ketones is 1. The molecule has 1 N–H and O–H groups in total. The number of allylic oxidation sites excluding steroid dienone is 1. The Hall–Kier alpha value is -1.12. The topological polar surface area (TPSA) is 46.2 Å². The Kier molecular flexibility index (Phi) is 4.54. The number of amides is 1. The van der Waals surface area contributed by atoms with Crippen LogP contribution in [0.2, 0.25) is 0 Å². The molecule has 0 aliphatic carbocycles. The van der Waals surface area contributed by atoms with Crippen molar-refractivity contribution in [1.82, 2.24) is 5.32 Å². The predicted octanol–water partition coefficient (Wildman–Crippen LogP) is 1.68. The minimum atomic E-state index is -0.454. The molecule has 0 saturated heterocycles. The van der Waals surface area contributed by atoms with Crippen LogP contribution in [0.4, 0.5) is 0 Å². The molecule has 1 atom stereocenters. The van der Waals surface area contributed by atoms with Gasteiger partial charge in [0.25, 0.3) is 0 Å². The molecule has 0 saturated carbocycles. The lowest BCUT2D eigenvalue weighted by Gasteiger charge is -2.20. The zero-order valence-corrected chi connectivity index (χ0v) is 9.55. The third-order valence-corrected chi connectivity index (χ3v) is 1.79. The lowest BCUT2D eigenvalue weighted by Crippen LogP contribution is -2.43. The Morgan fingerprint density at radius 3 is 2.14 bits per heavy atom. The quantitative estimate of drug-likeness (QED) is 0.700. The van der Waals surface area contributed by atoms with E-state index in [1.165, 1.54) is 6.08 Å². The first-order valence-electron chi connectivity index (χ1n) is 4.76. The van der Waals surface area contributed by atoms with E-state index >= 15 is 0 Å². The normalized spacial score (nSPS) is 14.1. The molecule has 0 fully saturated rings. The number of carbonyl (C=O) groups is 2. The fourth-order valence-electron chi connectivity index (χ4n) is 0.793. The van der Waals surface area contributed by atoms with Gasteiger partial charge in [0, 0.05) is 5.41 Å². The molecule has 0 unspecified atom stereocenters. The molecule has 0 aliphatic heterocycles. The van der Waals surface area contributed by atoms with Gasteiger partial charge in [-0.2, -0.15) is 0 Å². The van der Waals surface area contributed by atoms with Crippen molar-refractivity contribution in [3.63, 3.8) is 0 Å². The highest BCUT2D eigenvalue weighted by atomic mass is 16.2. The average Bonchev–Trinajstić information content (AvgIpc) is 2.02. The summed E-state index contributed by atoms with van der Waals surface area (Å²) in [4.78, 5) is 22.8. The highest BCUT2D eigenvalue weighted by Gasteiger charge is 2.23. The second kappa shape index (κ2) is 4.94. The van der Waals surface area contributed by atoms with Crippen molar-refractivity contribution in [3.8, 4) is 0 Å². The second-order valence-corrected chi connectivity index (χ2v) is 4.35. The maximum atomic E-state index is 11.5. The van der Waals surface area contributed by atoms with E-state index in [2.05, 4.69) is 5.32 Å². The molecule has 0 rings (SSSR count). The van der Waals surface area contributed by atoms with Gasteiger partial charge < -0.3 is 5.32 Å². The van der Waals surface area contributed by atoms with Gasteiger partial charge in [0.15, 0.2) is 5.78 Å². The Labute approximate surface area is 85.6 Å². The van der Waals surface area contributed by atoms with Gasteiger partial charge in [-0.1, -0.05) is 26.8 Å². The molecule has 0 aromatic heterocycles. The molecule has 3 nitrogen and oxygen atoms in total. The standard InChI is InChI=1S/C11H19NO2/c1-6-7-9(13)8(2)12-10(14)11(3,4)5/h6-8H,1-5H3,(H,12,14)/b7-6-/t8-/m0/s1. The molecule has 1 amide bonds. The van der Waals surface area contributed by atoms with E-state index in [-0.39, 0.29) is 11.7 Å². The number of hydrogen-bond donors (Lipinski definition) is 1. The molecule has 14 heavy (non-hydrogen) atoms. The summed E-state index contributed by atoms with van der Waals surface area (Å²) in [5.74, 6) is -0.187. The second-order valence-electron chi connectivity index (χ2n) is 4.35. The van der Waals surface area contributed by atoms with Gasteiger partial charge in [-0.05, 0) is 19.9 Å². The van der Waals surface area contributed by atoms with Gasteiger partial charge in [-0.3, -0.25) is 9.59 Å². The van der Waals surface area contributed by atoms with E-state index < -0.39 is 11.5 Å². The minimum absolute atomic E-state index is 0.0786. The lowest BCUT2D eigenvalue weighted by atomic mass is 9.95. The number of carbonyl (C=O) groups excluding carboxylic acids is 2. The summed E-state index contributed by atoms with van der Waals surface area (Å²) in [5.41, 5.74) is -0.454. The van der Waals surface area contributed by atoms with E-state index in [4.69, 9.17) is 0 Å². The molecule has 80 valence electrons. The lowest BCUT2D eigenvalue weighted by molar-refractivity contribution is -0.131. The summed E-state index contributed by atoms with van der Waals surface area (Å²) in [6.45, 7) is 8.90. The van der Waals surface area contributed by atoms with Crippen LogP contribution in [-0.2, 0) is 9.59 Å². The third kappa shape index (κ3) is 4.21. The van der Waals surface area contributed by atoms with Crippen molar-refractivity contribution < 1.29 is 9.59 Å². The summed E-state index contributed by atoms with van der Waals surface area (Å²) in [6.07, 6.45) is 3.13. The van der Waals surface area contributed by atoms with Crippen molar-refractivity contribution in [2.45, 2.75) is 40.7 Å². The van der Waals surface area contributed by atoms with Crippen molar-refractivity contribution in [1.29, 1.82) is 0 Å². The van der Waals surface area contributed by atoms with Crippen molar-refractivity contribution in [2.24, 2.45) is 5.41 Å². The average molecular weight is 197 g/mol. The van der Waals surface area contributed by atoms with E-state index in [0.29, 0.717) is 0 Å². The zero-order valence-electron chi connectivity index (χ0n) is 9.55. The first-order chi connectivity index (χ1) is 6.29. The van der Waals surface area contributed by atoms with Crippen LogP contribution >= 0.6 is 0 Å². The van der Waals surface area contributed by atoms with Crippen molar-refractivity contribution >= 4 is 11.7 Å². The van der Waals surface area contributed by atoms with E-state index in [0.717, 1.165) is 0 Å². The maximum Gasteiger partial charge on any atom is 0.225 e. The van der Waals surface area contributed by atoms with Crippen LogP contribution in [0.15, 0.2) is 12.2 Å². The highest BCUT2D eigenvalue weighted by molar-refractivity contribution is 5.97. The molecule has 0 aromatic rings. The van der Waals surface area contributed by atoms with Crippen LogP contribution in [0.5, 0.6) is 0 Å². The van der Waals surface area contributed by atoms with Crippen LogP contribution in [-0.4, -0.2) is 17.7 Å². The molecule has 0 radical (unpaired) electrons. The largest absolute Gasteiger partial charge is 0.346 e.